The third-order valence-corrected chi connectivity index (χ3v) is 2.54. The van der Waals surface area contributed by atoms with Gasteiger partial charge in [0.1, 0.15) is 0 Å². The Labute approximate surface area is 81.7 Å². The molecule has 1 aliphatic rings. The molecule has 0 spiro atoms. The predicted molar refractivity (Wildman–Crippen MR) is 53.2 cm³/mol. The van der Waals surface area contributed by atoms with E-state index >= 15 is 0 Å². The molecule has 1 atom stereocenters. The normalized spacial score (nSPS) is 20.1. The summed E-state index contributed by atoms with van der Waals surface area (Å²) in [6.07, 6.45) is 0.953. The van der Waals surface area contributed by atoms with Crippen molar-refractivity contribution in [1.29, 1.82) is 0 Å². The van der Waals surface area contributed by atoms with Gasteiger partial charge < -0.3 is 16.2 Å². The number of aromatic carboxylic acids is 1. The van der Waals surface area contributed by atoms with Crippen molar-refractivity contribution in [2.45, 2.75) is 12.5 Å². The van der Waals surface area contributed by atoms with Gasteiger partial charge in [-0.2, -0.15) is 0 Å². The van der Waals surface area contributed by atoms with E-state index in [4.69, 9.17) is 10.8 Å². The van der Waals surface area contributed by atoms with Crippen molar-refractivity contribution in [2.75, 3.05) is 12.3 Å². The van der Waals surface area contributed by atoms with Crippen molar-refractivity contribution >= 4 is 11.7 Å². The molecule has 1 unspecified atom stereocenters. The quantitative estimate of drug-likeness (QED) is 0.611. The zero-order valence-corrected chi connectivity index (χ0v) is 7.66. The van der Waals surface area contributed by atoms with Crippen LogP contribution in [0.1, 0.15) is 28.4 Å². The Morgan fingerprint density at radius 1 is 1.57 bits per heavy atom. The maximum absolute atomic E-state index is 10.9. The summed E-state index contributed by atoms with van der Waals surface area (Å²) in [4.78, 5) is 10.9. The molecule has 4 nitrogen and oxygen atoms in total. The third-order valence-electron chi connectivity index (χ3n) is 2.54. The van der Waals surface area contributed by atoms with Crippen LogP contribution in [0.25, 0.3) is 0 Å². The summed E-state index contributed by atoms with van der Waals surface area (Å²) >= 11 is 0. The molecule has 4 N–H and O–H groups in total. The molecule has 0 saturated carbocycles. The van der Waals surface area contributed by atoms with Crippen LogP contribution in [0.4, 0.5) is 5.69 Å². The van der Waals surface area contributed by atoms with Crippen LogP contribution in [0, 0.1) is 0 Å². The van der Waals surface area contributed by atoms with E-state index in [1.807, 2.05) is 0 Å². The Hall–Kier alpha value is -1.55. The Morgan fingerprint density at radius 2 is 2.29 bits per heavy atom. The molecule has 1 aromatic carbocycles. The number of nitrogens with one attached hydrogen (secondary N) is 1. The van der Waals surface area contributed by atoms with Crippen LogP contribution in [0.3, 0.4) is 0 Å². The smallest absolute Gasteiger partial charge is 0.336 e. The largest absolute Gasteiger partial charge is 0.478 e. The number of anilines is 1. The number of hydrogen-bond acceptors (Lipinski definition) is 3. The first-order valence-electron chi connectivity index (χ1n) is 4.55. The molecule has 0 radical (unpaired) electrons. The van der Waals surface area contributed by atoms with Gasteiger partial charge in [-0.15, -0.1) is 0 Å². The van der Waals surface area contributed by atoms with E-state index in [1.54, 1.807) is 18.2 Å². The minimum absolute atomic E-state index is 0.113. The molecule has 74 valence electrons. The summed E-state index contributed by atoms with van der Waals surface area (Å²) in [5.74, 6) is -0.916. The number of carboxylic acid groups (broad SMARTS) is 1. The second-order valence-corrected chi connectivity index (χ2v) is 3.41. The van der Waals surface area contributed by atoms with E-state index < -0.39 is 5.97 Å². The van der Waals surface area contributed by atoms with Crippen LogP contribution < -0.4 is 11.1 Å². The van der Waals surface area contributed by atoms with Gasteiger partial charge in [-0.25, -0.2) is 4.79 Å². The standard InChI is InChI=1S/C10H12N2O2/c11-7-3-1-2-6(10(13)14)9(7)8-4-5-12-8/h1-3,8,12H,4-5,11H2,(H,13,14). The summed E-state index contributed by atoms with van der Waals surface area (Å²) in [5.41, 5.74) is 7.36. The Kier molecular flexibility index (Phi) is 2.13. The minimum Gasteiger partial charge on any atom is -0.478 e. The van der Waals surface area contributed by atoms with Gasteiger partial charge >= 0.3 is 5.97 Å². The molecule has 1 aliphatic heterocycles. The van der Waals surface area contributed by atoms with Crippen LogP contribution >= 0.6 is 0 Å². The third kappa shape index (κ3) is 1.33. The van der Waals surface area contributed by atoms with E-state index in [0.717, 1.165) is 18.5 Å². The SMILES string of the molecule is Nc1cccc(C(=O)O)c1C1CCN1. The number of benzene rings is 1. The first-order chi connectivity index (χ1) is 6.70. The highest BCUT2D eigenvalue weighted by Gasteiger charge is 2.25. The number of rotatable bonds is 2. The number of carboxylic acids is 1. The molecule has 1 saturated heterocycles. The summed E-state index contributed by atoms with van der Waals surface area (Å²) in [7, 11) is 0. The van der Waals surface area contributed by atoms with Gasteiger partial charge in [0, 0.05) is 17.3 Å². The molecule has 1 fully saturated rings. The number of nitrogen functional groups attached to an aromatic ring is 1. The molecule has 1 aromatic rings. The molecule has 0 amide bonds. The molecule has 0 aliphatic carbocycles. The second kappa shape index (κ2) is 3.31. The van der Waals surface area contributed by atoms with Crippen molar-refractivity contribution in [3.63, 3.8) is 0 Å². The summed E-state index contributed by atoms with van der Waals surface area (Å²) in [5, 5.41) is 12.1. The maximum Gasteiger partial charge on any atom is 0.336 e. The first kappa shape index (κ1) is 9.02. The lowest BCUT2D eigenvalue weighted by molar-refractivity contribution is 0.0694. The van der Waals surface area contributed by atoms with Crippen LogP contribution in [0.5, 0.6) is 0 Å². The Bertz CT molecular complexity index is 372. The molecule has 14 heavy (non-hydrogen) atoms. The van der Waals surface area contributed by atoms with Crippen molar-refractivity contribution in [2.24, 2.45) is 0 Å². The topological polar surface area (TPSA) is 75.4 Å². The van der Waals surface area contributed by atoms with E-state index in [0.29, 0.717) is 11.3 Å². The average molecular weight is 192 g/mol. The fourth-order valence-corrected chi connectivity index (χ4v) is 1.69. The molecule has 4 heteroatoms. The van der Waals surface area contributed by atoms with Gasteiger partial charge in [0.05, 0.1) is 5.56 Å². The average Bonchev–Trinajstić information content (AvgIpc) is 2.04. The minimum atomic E-state index is -0.916. The van der Waals surface area contributed by atoms with Gasteiger partial charge in [-0.05, 0) is 25.1 Å². The van der Waals surface area contributed by atoms with Crippen LogP contribution in [-0.4, -0.2) is 17.6 Å². The summed E-state index contributed by atoms with van der Waals surface area (Å²) < 4.78 is 0. The monoisotopic (exact) mass is 192 g/mol. The van der Waals surface area contributed by atoms with Crippen molar-refractivity contribution < 1.29 is 9.90 Å². The zero-order valence-electron chi connectivity index (χ0n) is 7.66. The second-order valence-electron chi connectivity index (χ2n) is 3.41. The molecular formula is C10H12N2O2. The Morgan fingerprint density at radius 3 is 2.79 bits per heavy atom. The van der Waals surface area contributed by atoms with E-state index in [1.165, 1.54) is 0 Å². The number of carbonyl (C=O) groups is 1. The van der Waals surface area contributed by atoms with Gasteiger partial charge in [-0.3, -0.25) is 0 Å². The maximum atomic E-state index is 10.9. The van der Waals surface area contributed by atoms with Crippen molar-refractivity contribution in [1.82, 2.24) is 5.32 Å². The van der Waals surface area contributed by atoms with Crippen LogP contribution in [0.15, 0.2) is 18.2 Å². The summed E-state index contributed by atoms with van der Waals surface area (Å²) in [6.45, 7) is 0.929. The highest BCUT2D eigenvalue weighted by Crippen LogP contribution is 2.30. The van der Waals surface area contributed by atoms with Crippen molar-refractivity contribution in [3.05, 3.63) is 29.3 Å². The van der Waals surface area contributed by atoms with Crippen molar-refractivity contribution in [3.8, 4) is 0 Å². The van der Waals surface area contributed by atoms with Crippen LogP contribution in [0.2, 0.25) is 0 Å². The highest BCUT2D eigenvalue weighted by atomic mass is 16.4. The van der Waals surface area contributed by atoms with Crippen LogP contribution in [-0.2, 0) is 0 Å². The lowest BCUT2D eigenvalue weighted by Crippen LogP contribution is -2.36. The first-order valence-corrected chi connectivity index (χ1v) is 4.55. The van der Waals surface area contributed by atoms with Gasteiger partial charge in [0.15, 0.2) is 0 Å². The molecule has 1 heterocycles. The number of nitrogens with two attached hydrogens (primary N) is 1. The summed E-state index contributed by atoms with van der Waals surface area (Å²) in [6, 6.07) is 5.11. The molecule has 2 rings (SSSR count). The fourth-order valence-electron chi connectivity index (χ4n) is 1.69. The van der Waals surface area contributed by atoms with E-state index in [-0.39, 0.29) is 6.04 Å². The van der Waals surface area contributed by atoms with Gasteiger partial charge in [-0.1, -0.05) is 6.07 Å². The zero-order chi connectivity index (χ0) is 10.1. The molecular weight excluding hydrogens is 180 g/mol. The molecule has 0 bridgehead atoms. The van der Waals surface area contributed by atoms with E-state index in [2.05, 4.69) is 5.32 Å². The highest BCUT2D eigenvalue weighted by molar-refractivity contribution is 5.91. The number of hydrogen-bond donors (Lipinski definition) is 3. The van der Waals surface area contributed by atoms with Gasteiger partial charge in [0.25, 0.3) is 0 Å². The Balaban J connectivity index is 2.47. The lowest BCUT2D eigenvalue weighted by atomic mass is 9.92. The van der Waals surface area contributed by atoms with Gasteiger partial charge in [0.2, 0.25) is 0 Å². The fraction of sp³-hybridized carbons (Fsp3) is 0.300. The predicted octanol–water partition coefficient (Wildman–Crippen LogP) is 1.00. The van der Waals surface area contributed by atoms with E-state index in [9.17, 15) is 4.79 Å². The molecule has 0 aromatic heterocycles. The lowest BCUT2D eigenvalue weighted by Gasteiger charge is -2.30.